The lowest BCUT2D eigenvalue weighted by molar-refractivity contribution is -0.161. The van der Waals surface area contributed by atoms with Crippen LogP contribution in [0.3, 0.4) is 0 Å². The van der Waals surface area contributed by atoms with Crippen LogP contribution in [0.5, 0.6) is 0 Å². The van der Waals surface area contributed by atoms with Crippen LogP contribution in [0.1, 0.15) is 440 Å². The average Bonchev–Trinajstić information content (AvgIpc) is 0.919. The van der Waals surface area contributed by atoms with Crippen LogP contribution >= 0.6 is 15.6 Å². The molecule has 0 aromatic rings. The molecule has 0 fully saturated rings. The number of phosphoric ester groups is 2. The summed E-state index contributed by atoms with van der Waals surface area (Å²) in [4.78, 5) is 73.1. The SMILES string of the molecule is CCCCCCCCCCCCCCCCCCCCC(=O)OC[C@H](COP(=O)(O)OC[C@@H](O)COP(=O)(O)OC[C@@H](COC(=O)CCCCCCCCCCCC)OC(=O)CCCCCCCCCCCCC(C)C)OC(=O)CCCCCCCCCCCCCCCCCCCCC(C)C. The van der Waals surface area contributed by atoms with Gasteiger partial charge >= 0.3 is 39.5 Å². The van der Waals surface area contributed by atoms with Crippen molar-refractivity contribution in [1.82, 2.24) is 0 Å². The highest BCUT2D eigenvalue weighted by molar-refractivity contribution is 7.47. The predicted molar refractivity (Wildman–Crippen MR) is 418 cm³/mol. The van der Waals surface area contributed by atoms with Crippen molar-refractivity contribution >= 4 is 39.5 Å². The van der Waals surface area contributed by atoms with Gasteiger partial charge in [0.05, 0.1) is 26.4 Å². The van der Waals surface area contributed by atoms with Crippen molar-refractivity contribution in [2.75, 3.05) is 39.6 Å². The van der Waals surface area contributed by atoms with Crippen LogP contribution in [0.25, 0.3) is 0 Å². The van der Waals surface area contributed by atoms with Gasteiger partial charge in [-0.15, -0.1) is 0 Å². The molecule has 0 amide bonds. The van der Waals surface area contributed by atoms with Gasteiger partial charge in [-0.3, -0.25) is 37.3 Å². The fourth-order valence-electron chi connectivity index (χ4n) is 12.9. The second kappa shape index (κ2) is 74.5. The topological polar surface area (TPSA) is 237 Å². The molecule has 0 heterocycles. The molecule has 0 aromatic carbocycles. The quantitative estimate of drug-likeness (QED) is 0.0222. The predicted octanol–water partition coefficient (Wildman–Crippen LogP) is 25.1. The van der Waals surface area contributed by atoms with Gasteiger partial charge in [-0.05, 0) is 37.5 Å². The lowest BCUT2D eigenvalue weighted by Crippen LogP contribution is -2.30. The van der Waals surface area contributed by atoms with E-state index in [0.717, 1.165) is 102 Å². The number of hydrogen-bond acceptors (Lipinski definition) is 15. The Morgan fingerprint density at radius 3 is 0.667 bits per heavy atom. The molecule has 0 aliphatic heterocycles. The lowest BCUT2D eigenvalue weighted by atomic mass is 10.0. The molecule has 102 heavy (non-hydrogen) atoms. The first-order chi connectivity index (χ1) is 49.4. The van der Waals surface area contributed by atoms with Crippen LogP contribution in [0.2, 0.25) is 0 Å². The molecule has 17 nitrogen and oxygen atoms in total. The zero-order valence-corrected chi connectivity index (χ0v) is 68.7. The van der Waals surface area contributed by atoms with Gasteiger partial charge in [0, 0.05) is 25.7 Å². The van der Waals surface area contributed by atoms with E-state index >= 15 is 0 Å². The highest BCUT2D eigenvalue weighted by Gasteiger charge is 2.30. The van der Waals surface area contributed by atoms with Gasteiger partial charge in [0.25, 0.3) is 0 Å². The van der Waals surface area contributed by atoms with E-state index < -0.39 is 97.5 Å². The van der Waals surface area contributed by atoms with Crippen LogP contribution in [-0.2, 0) is 65.4 Å². The average molecular weight is 1490 g/mol. The van der Waals surface area contributed by atoms with E-state index in [1.165, 1.54) is 257 Å². The number of unbranched alkanes of at least 4 members (excludes halogenated alkanes) is 52. The summed E-state index contributed by atoms with van der Waals surface area (Å²) in [5, 5.41) is 10.6. The molecule has 0 aliphatic rings. The third-order valence-corrected chi connectivity index (χ3v) is 21.4. The van der Waals surface area contributed by atoms with E-state index in [1.807, 2.05) is 0 Å². The van der Waals surface area contributed by atoms with Gasteiger partial charge in [-0.2, -0.15) is 0 Å². The van der Waals surface area contributed by atoms with E-state index in [2.05, 4.69) is 41.5 Å². The Morgan fingerprint density at radius 2 is 0.451 bits per heavy atom. The van der Waals surface area contributed by atoms with Crippen molar-refractivity contribution in [3.05, 3.63) is 0 Å². The molecular weight excluding hydrogens is 1330 g/mol. The smallest absolute Gasteiger partial charge is 0.462 e. The van der Waals surface area contributed by atoms with Gasteiger partial charge < -0.3 is 33.8 Å². The van der Waals surface area contributed by atoms with E-state index in [4.69, 9.17) is 37.0 Å². The van der Waals surface area contributed by atoms with Crippen LogP contribution in [0, 0.1) is 11.8 Å². The number of carbonyl (C=O) groups excluding carboxylic acids is 4. The maximum absolute atomic E-state index is 13.1. The number of phosphoric acid groups is 2. The third-order valence-electron chi connectivity index (χ3n) is 19.5. The number of hydrogen-bond donors (Lipinski definition) is 3. The van der Waals surface area contributed by atoms with E-state index in [1.54, 1.807) is 0 Å². The Kier molecular flexibility index (Phi) is 73.1. The van der Waals surface area contributed by atoms with E-state index in [0.29, 0.717) is 25.7 Å². The number of rotatable bonds is 82. The Bertz CT molecular complexity index is 1960. The van der Waals surface area contributed by atoms with Crippen molar-refractivity contribution in [1.29, 1.82) is 0 Å². The maximum atomic E-state index is 13.1. The molecule has 0 aromatic heterocycles. The molecule has 5 atom stereocenters. The summed E-state index contributed by atoms with van der Waals surface area (Å²) in [7, 11) is -9.92. The van der Waals surface area contributed by atoms with Gasteiger partial charge in [0.15, 0.2) is 12.2 Å². The summed E-state index contributed by atoms with van der Waals surface area (Å²) in [6.45, 7) is 9.66. The van der Waals surface area contributed by atoms with Gasteiger partial charge in [-0.1, -0.05) is 388 Å². The Balaban J connectivity index is 5.22. The summed E-state index contributed by atoms with van der Waals surface area (Å²) in [6, 6.07) is 0. The van der Waals surface area contributed by atoms with Gasteiger partial charge in [-0.25, -0.2) is 9.13 Å². The van der Waals surface area contributed by atoms with E-state index in [-0.39, 0.29) is 25.7 Å². The minimum absolute atomic E-state index is 0.106. The summed E-state index contributed by atoms with van der Waals surface area (Å²) in [5.74, 6) is -0.534. The minimum Gasteiger partial charge on any atom is -0.462 e. The van der Waals surface area contributed by atoms with Gasteiger partial charge in [0.2, 0.25) is 0 Å². The normalized spacial score (nSPS) is 13.9. The second-order valence-corrected chi connectivity index (χ2v) is 33.7. The zero-order valence-electron chi connectivity index (χ0n) is 66.9. The monoisotopic (exact) mass is 1490 g/mol. The lowest BCUT2D eigenvalue weighted by Gasteiger charge is -2.21. The van der Waals surface area contributed by atoms with Crippen LogP contribution in [-0.4, -0.2) is 96.7 Å². The summed E-state index contributed by atoms with van der Waals surface area (Å²) < 4.78 is 68.8. The number of esters is 4. The van der Waals surface area contributed by atoms with Crippen LogP contribution in [0.4, 0.5) is 0 Å². The Morgan fingerprint density at radius 1 is 0.265 bits per heavy atom. The fourth-order valence-corrected chi connectivity index (χ4v) is 14.5. The number of aliphatic hydroxyl groups excluding tert-OH is 1. The summed E-state index contributed by atoms with van der Waals surface area (Å²) in [5.41, 5.74) is 0. The molecular formula is C83H162O17P2. The molecule has 0 spiro atoms. The number of aliphatic hydroxyl groups is 1. The molecule has 19 heteroatoms. The third kappa shape index (κ3) is 76.3. The minimum atomic E-state index is -4.96. The molecule has 0 saturated heterocycles. The molecule has 0 rings (SSSR count). The first-order valence-electron chi connectivity index (χ1n) is 43.0. The molecule has 0 aliphatic carbocycles. The van der Waals surface area contributed by atoms with Crippen molar-refractivity contribution in [3.63, 3.8) is 0 Å². The van der Waals surface area contributed by atoms with Crippen molar-refractivity contribution in [2.45, 2.75) is 458 Å². The second-order valence-electron chi connectivity index (χ2n) is 30.8. The number of ether oxygens (including phenoxy) is 4. The van der Waals surface area contributed by atoms with Crippen molar-refractivity contribution in [3.8, 4) is 0 Å². The highest BCUT2D eigenvalue weighted by Crippen LogP contribution is 2.45. The highest BCUT2D eigenvalue weighted by atomic mass is 31.2. The van der Waals surface area contributed by atoms with E-state index in [9.17, 15) is 43.2 Å². The molecule has 0 saturated carbocycles. The molecule has 2 unspecified atom stereocenters. The van der Waals surface area contributed by atoms with Crippen molar-refractivity contribution < 1.29 is 80.2 Å². The molecule has 0 radical (unpaired) electrons. The Labute approximate surface area is 626 Å². The zero-order chi connectivity index (χ0) is 74.9. The first kappa shape index (κ1) is 100. The van der Waals surface area contributed by atoms with Crippen molar-refractivity contribution in [2.24, 2.45) is 11.8 Å². The standard InChI is InChI=1S/C83H162O17P2/c1-7-9-11-13-15-17-19-20-21-22-26-29-32-35-42-48-54-60-66-81(86)94-72-79(99-82(87)67-61-55-49-43-36-33-30-27-24-23-25-28-31-34-39-45-51-57-63-75(3)4)74-98-102(91,92)96-70-77(84)69-95-101(89,90)97-73-78(71-93-80(85)65-59-53-47-41-18-16-14-12-10-8-2)100-83(88)68-62-56-50-44-38-37-40-46-52-58-64-76(5)6/h75-79,84H,7-74H2,1-6H3,(H,89,90)(H,91,92)/t77-,78+,79+/m0/s1. The van der Waals surface area contributed by atoms with Crippen LogP contribution in [0.15, 0.2) is 0 Å². The fraction of sp³-hybridized carbons (Fsp3) is 0.952. The molecule has 606 valence electrons. The summed E-state index contributed by atoms with van der Waals surface area (Å²) >= 11 is 0. The molecule has 3 N–H and O–H groups in total. The van der Waals surface area contributed by atoms with Crippen LogP contribution < -0.4 is 0 Å². The Hall–Kier alpha value is -1.94. The number of carbonyl (C=O) groups is 4. The molecule has 0 bridgehead atoms. The van der Waals surface area contributed by atoms with Gasteiger partial charge in [0.1, 0.15) is 19.3 Å². The maximum Gasteiger partial charge on any atom is 0.472 e. The summed E-state index contributed by atoms with van der Waals surface area (Å²) in [6.07, 6.45) is 65.3. The largest absolute Gasteiger partial charge is 0.472 e. The first-order valence-corrected chi connectivity index (χ1v) is 46.0.